The molecule has 0 amide bonds. The second kappa shape index (κ2) is 4.93. The van der Waals surface area contributed by atoms with Gasteiger partial charge in [-0.3, -0.25) is 4.79 Å². The van der Waals surface area contributed by atoms with Crippen molar-refractivity contribution in [2.24, 2.45) is 0 Å². The number of benzene rings is 1. The zero-order valence-electron chi connectivity index (χ0n) is 12.4. The fraction of sp³-hybridized carbons (Fsp3) is 0.188. The minimum atomic E-state index is -2.24. The van der Waals surface area contributed by atoms with Crippen LogP contribution in [0.5, 0.6) is 11.5 Å². The van der Waals surface area contributed by atoms with E-state index in [1.807, 2.05) is 0 Å². The van der Waals surface area contributed by atoms with Gasteiger partial charge in [-0.1, -0.05) is 0 Å². The first-order valence-electron chi connectivity index (χ1n) is 6.85. The van der Waals surface area contributed by atoms with E-state index in [4.69, 9.17) is 9.84 Å². The molecule has 0 radical (unpaired) electrons. The van der Waals surface area contributed by atoms with Crippen LogP contribution in [-0.4, -0.2) is 43.7 Å². The van der Waals surface area contributed by atoms with Gasteiger partial charge in [0.1, 0.15) is 17.3 Å². The number of rotatable bonds is 3. The number of phenols is 2. The lowest BCUT2D eigenvalue weighted by molar-refractivity contribution is -0.156. The molecular formula is C16H12O8. The molecule has 1 atom stereocenters. The second-order valence-corrected chi connectivity index (χ2v) is 5.76. The number of fused-ring (bicyclic) bond motifs is 3. The van der Waals surface area contributed by atoms with E-state index in [9.17, 15) is 29.7 Å². The number of carbonyl (C=O) groups excluding carboxylic acids is 2. The Bertz CT molecular complexity index is 872. The van der Waals surface area contributed by atoms with E-state index in [-0.39, 0.29) is 33.8 Å². The van der Waals surface area contributed by atoms with Gasteiger partial charge in [-0.05, 0) is 13.0 Å². The van der Waals surface area contributed by atoms with Crippen LogP contribution in [0.15, 0.2) is 29.5 Å². The molecule has 0 saturated carbocycles. The van der Waals surface area contributed by atoms with Gasteiger partial charge in [0.25, 0.3) is 0 Å². The van der Waals surface area contributed by atoms with Crippen molar-refractivity contribution in [3.63, 3.8) is 0 Å². The van der Waals surface area contributed by atoms with Crippen LogP contribution in [0.4, 0.5) is 0 Å². The van der Waals surface area contributed by atoms with Gasteiger partial charge >= 0.3 is 11.9 Å². The molecule has 4 N–H and O–H groups in total. The monoisotopic (exact) mass is 332 g/mol. The first-order valence-corrected chi connectivity index (χ1v) is 6.85. The highest BCUT2D eigenvalue weighted by molar-refractivity contribution is 6.20. The van der Waals surface area contributed by atoms with Crippen LogP contribution in [0.3, 0.4) is 0 Å². The SMILES string of the molecule is CC(O)(CC1=C2C(=CC(=O)c3c(O)cc(O)cc32)OC1=O)C(=O)O. The van der Waals surface area contributed by atoms with E-state index in [0.29, 0.717) is 0 Å². The summed E-state index contributed by atoms with van der Waals surface area (Å²) < 4.78 is 4.97. The van der Waals surface area contributed by atoms with Crippen molar-refractivity contribution in [3.05, 3.63) is 40.7 Å². The maximum absolute atomic E-state index is 12.1. The summed E-state index contributed by atoms with van der Waals surface area (Å²) in [7, 11) is 0. The third kappa shape index (κ3) is 2.24. The molecule has 0 spiro atoms. The van der Waals surface area contributed by atoms with Crippen LogP contribution >= 0.6 is 0 Å². The standard InChI is InChI=1S/C16H12O8/c1-16(23,15(21)22)5-8-12-7-2-6(17)3-9(18)13(7)10(19)4-11(12)24-14(8)20/h2-4,17-18,23H,5H2,1H3,(H,21,22). The van der Waals surface area contributed by atoms with E-state index in [0.717, 1.165) is 25.1 Å². The highest BCUT2D eigenvalue weighted by Crippen LogP contribution is 2.45. The van der Waals surface area contributed by atoms with Crippen LogP contribution in [0.25, 0.3) is 5.57 Å². The third-order valence-corrected chi connectivity index (χ3v) is 3.86. The van der Waals surface area contributed by atoms with Gasteiger partial charge in [-0.2, -0.15) is 0 Å². The van der Waals surface area contributed by atoms with Crippen LogP contribution in [-0.2, 0) is 14.3 Å². The summed E-state index contributed by atoms with van der Waals surface area (Å²) in [6.07, 6.45) is 0.423. The summed E-state index contributed by atoms with van der Waals surface area (Å²) in [4.78, 5) is 35.3. The number of aromatic hydroxyl groups is 2. The molecule has 3 rings (SSSR count). The van der Waals surface area contributed by atoms with Crippen LogP contribution in [0.2, 0.25) is 0 Å². The largest absolute Gasteiger partial charge is 0.508 e. The molecule has 2 aliphatic rings. The van der Waals surface area contributed by atoms with Crippen molar-refractivity contribution in [1.29, 1.82) is 0 Å². The Morgan fingerprint density at radius 2 is 1.92 bits per heavy atom. The zero-order valence-corrected chi connectivity index (χ0v) is 12.4. The van der Waals surface area contributed by atoms with Crippen LogP contribution in [0, 0.1) is 0 Å². The Morgan fingerprint density at radius 3 is 2.54 bits per heavy atom. The summed E-state index contributed by atoms with van der Waals surface area (Å²) in [5, 5.41) is 38.5. The Kier molecular flexibility index (Phi) is 3.24. The van der Waals surface area contributed by atoms with Crippen molar-refractivity contribution in [2.45, 2.75) is 18.9 Å². The van der Waals surface area contributed by atoms with Crippen LogP contribution in [0.1, 0.15) is 29.3 Å². The van der Waals surface area contributed by atoms with E-state index >= 15 is 0 Å². The normalized spacial score (nSPS) is 18.5. The lowest BCUT2D eigenvalue weighted by atomic mass is 9.85. The molecule has 8 nitrogen and oxygen atoms in total. The predicted octanol–water partition coefficient (Wildman–Crippen LogP) is 0.714. The molecular weight excluding hydrogens is 320 g/mol. The maximum Gasteiger partial charge on any atom is 0.340 e. The van der Waals surface area contributed by atoms with Gasteiger partial charge in [0, 0.05) is 29.7 Å². The Labute approximate surface area is 134 Å². The predicted molar refractivity (Wildman–Crippen MR) is 78.1 cm³/mol. The average molecular weight is 332 g/mol. The minimum absolute atomic E-state index is 0.0389. The molecule has 0 fully saturated rings. The Balaban J connectivity index is 2.26. The molecule has 0 bridgehead atoms. The van der Waals surface area contributed by atoms with Crippen molar-refractivity contribution < 1.29 is 39.5 Å². The number of ketones is 1. The molecule has 1 aromatic carbocycles. The van der Waals surface area contributed by atoms with Gasteiger partial charge in [-0.25, -0.2) is 9.59 Å². The fourth-order valence-electron chi connectivity index (χ4n) is 2.70. The smallest absolute Gasteiger partial charge is 0.340 e. The van der Waals surface area contributed by atoms with Gasteiger partial charge in [0.05, 0.1) is 11.1 Å². The first kappa shape index (κ1) is 15.8. The lowest BCUT2D eigenvalue weighted by Gasteiger charge is -2.19. The quantitative estimate of drug-likeness (QED) is 0.593. The number of esters is 1. The van der Waals surface area contributed by atoms with Gasteiger partial charge < -0.3 is 25.2 Å². The molecule has 1 heterocycles. The fourth-order valence-corrected chi connectivity index (χ4v) is 2.70. The Hall–Kier alpha value is -3.13. The average Bonchev–Trinajstić information content (AvgIpc) is 2.73. The number of carboxylic acids is 1. The highest BCUT2D eigenvalue weighted by Gasteiger charge is 2.42. The van der Waals surface area contributed by atoms with E-state index in [2.05, 4.69) is 0 Å². The topological polar surface area (TPSA) is 141 Å². The molecule has 124 valence electrons. The number of hydrogen-bond acceptors (Lipinski definition) is 7. The number of ether oxygens (including phenoxy) is 1. The number of aliphatic hydroxyl groups is 1. The first-order chi connectivity index (χ1) is 11.1. The maximum atomic E-state index is 12.1. The van der Waals surface area contributed by atoms with Crippen LogP contribution < -0.4 is 0 Å². The molecule has 1 aliphatic heterocycles. The van der Waals surface area contributed by atoms with Crippen molar-refractivity contribution in [1.82, 2.24) is 0 Å². The number of phenolic OH excluding ortho intramolecular Hbond substituents is 2. The van der Waals surface area contributed by atoms with E-state index < -0.39 is 35.5 Å². The minimum Gasteiger partial charge on any atom is -0.508 e. The van der Waals surface area contributed by atoms with E-state index in [1.165, 1.54) is 0 Å². The van der Waals surface area contributed by atoms with Crippen molar-refractivity contribution in [2.75, 3.05) is 0 Å². The molecule has 0 aromatic heterocycles. The highest BCUT2D eigenvalue weighted by atomic mass is 16.5. The number of hydrogen-bond donors (Lipinski definition) is 4. The molecule has 0 saturated heterocycles. The van der Waals surface area contributed by atoms with Crippen molar-refractivity contribution >= 4 is 23.3 Å². The number of aliphatic carboxylic acids is 1. The second-order valence-electron chi connectivity index (χ2n) is 5.76. The number of carbonyl (C=O) groups is 3. The number of allylic oxidation sites excluding steroid dienone is 2. The zero-order chi connectivity index (χ0) is 17.8. The molecule has 24 heavy (non-hydrogen) atoms. The third-order valence-electron chi connectivity index (χ3n) is 3.86. The van der Waals surface area contributed by atoms with E-state index in [1.54, 1.807) is 0 Å². The van der Waals surface area contributed by atoms with Gasteiger partial charge in [0.15, 0.2) is 11.4 Å². The lowest BCUT2D eigenvalue weighted by Crippen LogP contribution is -2.36. The number of carboxylic acid groups (broad SMARTS) is 1. The summed E-state index contributed by atoms with van der Waals surface area (Å²) in [5.74, 6) is -4.01. The Morgan fingerprint density at radius 1 is 1.25 bits per heavy atom. The van der Waals surface area contributed by atoms with Gasteiger partial charge in [-0.15, -0.1) is 0 Å². The van der Waals surface area contributed by atoms with Crippen molar-refractivity contribution in [3.8, 4) is 11.5 Å². The van der Waals surface area contributed by atoms with Gasteiger partial charge in [0.2, 0.25) is 0 Å². The summed E-state index contributed by atoms with van der Waals surface area (Å²) in [6, 6.07) is 2.13. The molecule has 1 aromatic rings. The molecule has 8 heteroatoms. The molecule has 1 aliphatic carbocycles. The summed E-state index contributed by atoms with van der Waals surface area (Å²) in [6.45, 7) is 1.02. The molecule has 1 unspecified atom stereocenters. The summed E-state index contributed by atoms with van der Waals surface area (Å²) in [5.41, 5.74) is -2.43. The summed E-state index contributed by atoms with van der Waals surface area (Å²) >= 11 is 0.